The Morgan fingerprint density at radius 2 is 0.929 bits per heavy atom. The van der Waals surface area contributed by atoms with Crippen molar-refractivity contribution in [3.8, 4) is 67.9 Å². The van der Waals surface area contributed by atoms with Gasteiger partial charge in [-0.25, -0.2) is 24.9 Å². The molecule has 0 atom stereocenters. The maximum atomic E-state index is 6.41. The molecule has 0 fully saturated rings. The van der Waals surface area contributed by atoms with E-state index < -0.39 is 0 Å². The van der Waals surface area contributed by atoms with Crippen LogP contribution in [0.1, 0.15) is 0 Å². The van der Waals surface area contributed by atoms with Gasteiger partial charge in [0.05, 0.1) is 0 Å². The summed E-state index contributed by atoms with van der Waals surface area (Å²) in [5.74, 6) is 2.59. The summed E-state index contributed by atoms with van der Waals surface area (Å²) in [5, 5.41) is 3.34. The number of hydrogen-bond acceptors (Lipinski definition) is 7. The molecule has 0 spiro atoms. The van der Waals surface area contributed by atoms with Gasteiger partial charge in [0, 0.05) is 53.4 Å². The topological polar surface area (TPSA) is 77.6 Å². The highest BCUT2D eigenvalue weighted by atomic mass is 32.1. The predicted octanol–water partition coefficient (Wildman–Crippen LogP) is 12.9. The lowest BCUT2D eigenvalue weighted by molar-refractivity contribution is 0.667. The molecule has 7 heteroatoms. The Morgan fingerprint density at radius 1 is 0.375 bits per heavy atom. The van der Waals surface area contributed by atoms with E-state index in [9.17, 15) is 0 Å². The van der Waals surface area contributed by atoms with Crippen molar-refractivity contribution >= 4 is 53.6 Å². The Hall–Kier alpha value is -7.35. The van der Waals surface area contributed by atoms with Crippen molar-refractivity contribution in [1.82, 2.24) is 24.9 Å². The number of benzene rings is 7. The fraction of sp³-hybridized carbons (Fsp3) is 0. The summed E-state index contributed by atoms with van der Waals surface area (Å²) >= 11 is 1.79. The molecule has 0 aliphatic carbocycles. The molecule has 0 bridgehead atoms. The van der Waals surface area contributed by atoms with Gasteiger partial charge >= 0.3 is 0 Å². The lowest BCUT2D eigenvalue weighted by Gasteiger charge is -2.10. The van der Waals surface area contributed by atoms with Crippen LogP contribution in [0, 0.1) is 0 Å². The van der Waals surface area contributed by atoms with E-state index in [0.717, 1.165) is 66.5 Å². The van der Waals surface area contributed by atoms with Gasteiger partial charge in [0.25, 0.3) is 0 Å². The minimum absolute atomic E-state index is 0.636. The van der Waals surface area contributed by atoms with Crippen LogP contribution >= 0.6 is 11.3 Å². The van der Waals surface area contributed by atoms with Crippen molar-refractivity contribution in [3.63, 3.8) is 0 Å². The van der Waals surface area contributed by atoms with Gasteiger partial charge in [-0.2, -0.15) is 0 Å². The molecule has 11 rings (SSSR count). The summed E-state index contributed by atoms with van der Waals surface area (Å²) in [6.45, 7) is 0. The van der Waals surface area contributed by atoms with E-state index in [-0.39, 0.29) is 0 Å². The average molecular weight is 736 g/mol. The van der Waals surface area contributed by atoms with Crippen molar-refractivity contribution in [1.29, 1.82) is 0 Å². The minimum atomic E-state index is 0.636. The Morgan fingerprint density at radius 3 is 1.59 bits per heavy atom. The minimum Gasteiger partial charge on any atom is -0.452 e. The predicted molar refractivity (Wildman–Crippen MR) is 228 cm³/mol. The molecular weight excluding hydrogens is 707 g/mol. The number of para-hydroxylation sites is 1. The molecule has 0 saturated carbocycles. The molecule has 4 aromatic heterocycles. The molecule has 11 aromatic rings. The van der Waals surface area contributed by atoms with Crippen molar-refractivity contribution in [3.05, 3.63) is 176 Å². The molecule has 0 radical (unpaired) electrons. The summed E-state index contributed by atoms with van der Waals surface area (Å²) < 4.78 is 8.84. The van der Waals surface area contributed by atoms with Gasteiger partial charge in [-0.1, -0.05) is 140 Å². The van der Waals surface area contributed by atoms with E-state index in [4.69, 9.17) is 29.3 Å². The van der Waals surface area contributed by atoms with Gasteiger partial charge < -0.3 is 4.42 Å². The molecule has 6 nitrogen and oxygen atoms in total. The first-order valence-corrected chi connectivity index (χ1v) is 19.2. The van der Waals surface area contributed by atoms with Gasteiger partial charge in [0.2, 0.25) is 0 Å². The summed E-state index contributed by atoms with van der Waals surface area (Å²) in [4.78, 5) is 25.0. The van der Waals surface area contributed by atoms with E-state index in [2.05, 4.69) is 66.7 Å². The Kier molecular flexibility index (Phi) is 7.57. The van der Waals surface area contributed by atoms with Gasteiger partial charge in [-0.05, 0) is 47.5 Å². The second-order valence-corrected chi connectivity index (χ2v) is 14.7. The second kappa shape index (κ2) is 13.2. The first-order chi connectivity index (χ1) is 27.7. The number of furan rings is 1. The van der Waals surface area contributed by atoms with Crippen LogP contribution in [-0.4, -0.2) is 24.9 Å². The maximum Gasteiger partial charge on any atom is 0.180 e. The Bertz CT molecular complexity index is 3180. The highest BCUT2D eigenvalue weighted by Gasteiger charge is 2.19. The molecule has 262 valence electrons. The lowest BCUT2D eigenvalue weighted by atomic mass is 9.97. The maximum absolute atomic E-state index is 6.41. The smallest absolute Gasteiger partial charge is 0.180 e. The van der Waals surface area contributed by atoms with Crippen LogP contribution in [0.15, 0.2) is 180 Å². The van der Waals surface area contributed by atoms with Crippen molar-refractivity contribution < 1.29 is 4.42 Å². The summed E-state index contributed by atoms with van der Waals surface area (Å²) in [5.41, 5.74) is 10.1. The second-order valence-electron chi connectivity index (χ2n) is 13.6. The first-order valence-electron chi connectivity index (χ1n) is 18.4. The zero-order valence-electron chi connectivity index (χ0n) is 29.8. The molecule has 0 saturated heterocycles. The molecule has 4 heterocycles. The van der Waals surface area contributed by atoms with Crippen LogP contribution < -0.4 is 0 Å². The van der Waals surface area contributed by atoms with E-state index in [0.29, 0.717) is 28.9 Å². The Balaban J connectivity index is 1.04. The standard InChI is InChI=1S/C49H29N5OS/c1-4-13-32(14-5-1)46-50-43(45-44(51-46)37-19-10-11-21-39(37)55-45)31-25-23-30(24-26-31)36-20-12-22-41-42(36)38-29-35(27-28-40(38)56-41)49-53-47(33-15-6-2-7-16-33)52-48(54-49)34-17-8-3-9-18-34/h1-29H. The van der Waals surface area contributed by atoms with Gasteiger partial charge in [0.1, 0.15) is 16.8 Å². The third-order valence-corrected chi connectivity index (χ3v) is 11.3. The SMILES string of the molecule is c1ccc(-c2nc(-c3ccccc3)nc(-c3ccc4sc5cccc(-c6ccc(-c7nc(-c8ccccc8)nc8c7oc7ccccc78)cc6)c5c4c3)n2)cc1. The van der Waals surface area contributed by atoms with E-state index in [1.807, 2.05) is 109 Å². The number of rotatable bonds is 6. The molecular formula is C49H29N5OS. The van der Waals surface area contributed by atoms with Crippen LogP contribution in [-0.2, 0) is 0 Å². The third-order valence-electron chi connectivity index (χ3n) is 10.2. The molecule has 7 aromatic carbocycles. The molecule has 0 unspecified atom stereocenters. The molecule has 0 N–H and O–H groups in total. The van der Waals surface area contributed by atoms with Crippen LogP contribution in [0.3, 0.4) is 0 Å². The van der Waals surface area contributed by atoms with Crippen molar-refractivity contribution in [2.24, 2.45) is 0 Å². The van der Waals surface area contributed by atoms with Crippen molar-refractivity contribution in [2.45, 2.75) is 0 Å². The van der Waals surface area contributed by atoms with Crippen LogP contribution in [0.4, 0.5) is 0 Å². The lowest BCUT2D eigenvalue weighted by Crippen LogP contribution is -2.00. The fourth-order valence-corrected chi connectivity index (χ4v) is 8.57. The summed E-state index contributed by atoms with van der Waals surface area (Å²) in [7, 11) is 0. The number of hydrogen-bond donors (Lipinski definition) is 0. The first kappa shape index (κ1) is 32.1. The number of thiophene rings is 1. The number of nitrogens with zero attached hydrogens (tertiary/aromatic N) is 5. The molecule has 0 aliphatic rings. The monoisotopic (exact) mass is 735 g/mol. The number of aromatic nitrogens is 5. The zero-order valence-corrected chi connectivity index (χ0v) is 30.6. The van der Waals surface area contributed by atoms with E-state index in [1.165, 1.54) is 14.8 Å². The Labute approximate surface area is 325 Å². The van der Waals surface area contributed by atoms with Crippen LogP contribution in [0.25, 0.3) is 110 Å². The zero-order chi connectivity index (χ0) is 37.0. The van der Waals surface area contributed by atoms with Crippen molar-refractivity contribution in [2.75, 3.05) is 0 Å². The molecule has 0 aliphatic heterocycles. The van der Waals surface area contributed by atoms with E-state index in [1.54, 1.807) is 11.3 Å². The fourth-order valence-electron chi connectivity index (χ4n) is 7.45. The number of fused-ring (bicyclic) bond motifs is 6. The highest BCUT2D eigenvalue weighted by molar-refractivity contribution is 7.26. The van der Waals surface area contributed by atoms with E-state index >= 15 is 0 Å². The summed E-state index contributed by atoms with van der Waals surface area (Å²) in [6, 6.07) is 60.0. The van der Waals surface area contributed by atoms with Gasteiger partial charge in [-0.3, -0.25) is 0 Å². The highest BCUT2D eigenvalue weighted by Crippen LogP contribution is 2.42. The third kappa shape index (κ3) is 5.52. The average Bonchev–Trinajstić information content (AvgIpc) is 3.85. The van der Waals surface area contributed by atoms with Gasteiger partial charge in [0.15, 0.2) is 28.9 Å². The van der Waals surface area contributed by atoms with Gasteiger partial charge in [-0.15, -0.1) is 11.3 Å². The quantitative estimate of drug-likeness (QED) is 0.169. The molecule has 0 amide bonds. The summed E-state index contributed by atoms with van der Waals surface area (Å²) in [6.07, 6.45) is 0. The molecule has 56 heavy (non-hydrogen) atoms. The van der Waals surface area contributed by atoms with Crippen LogP contribution in [0.5, 0.6) is 0 Å². The largest absolute Gasteiger partial charge is 0.452 e. The normalized spacial score (nSPS) is 11.6. The van der Waals surface area contributed by atoms with Crippen LogP contribution in [0.2, 0.25) is 0 Å².